The lowest BCUT2D eigenvalue weighted by molar-refractivity contribution is 0.0936. The van der Waals surface area contributed by atoms with Crippen molar-refractivity contribution >= 4 is 11.7 Å². The van der Waals surface area contributed by atoms with Crippen LogP contribution in [0.5, 0.6) is 0 Å². The maximum atomic E-state index is 11.9. The summed E-state index contributed by atoms with van der Waals surface area (Å²) in [6, 6.07) is 5.55. The number of nitrogens with two attached hydrogens (primary N) is 1. The number of hydrogen-bond acceptors (Lipinski definition) is 4. The summed E-state index contributed by atoms with van der Waals surface area (Å²) in [5.41, 5.74) is 5.94. The second-order valence-corrected chi connectivity index (χ2v) is 4.58. The van der Waals surface area contributed by atoms with Crippen molar-refractivity contribution in [3.63, 3.8) is 0 Å². The number of amides is 1. The molecule has 1 aliphatic heterocycles. The van der Waals surface area contributed by atoms with Crippen LogP contribution in [-0.4, -0.2) is 41.5 Å². The number of likely N-dealkylation sites (N-methyl/N-ethyl adjacent to an activating group) is 1. The molecule has 1 saturated heterocycles. The minimum absolute atomic E-state index is 0.148. The van der Waals surface area contributed by atoms with Gasteiger partial charge in [-0.15, -0.1) is 0 Å². The number of carbonyl (C=O) groups is 1. The van der Waals surface area contributed by atoms with Gasteiger partial charge in [-0.25, -0.2) is 4.98 Å². The van der Waals surface area contributed by atoms with Crippen LogP contribution in [0.2, 0.25) is 0 Å². The lowest BCUT2D eigenvalue weighted by Crippen LogP contribution is -2.40. The summed E-state index contributed by atoms with van der Waals surface area (Å²) in [5.74, 6) is 0.226. The van der Waals surface area contributed by atoms with Crippen molar-refractivity contribution in [3.8, 4) is 0 Å². The standard InChI is InChI=1S/C13H20N4O/c1-2-17-8-4-5-10(17)9-15-13(18)11-6-3-7-12(14)16-11/h3,6-7,10H,2,4-5,8-9H2,1H3,(H2,14,16)(H,15,18). The van der Waals surface area contributed by atoms with Gasteiger partial charge in [0.15, 0.2) is 0 Å². The monoisotopic (exact) mass is 248 g/mol. The summed E-state index contributed by atoms with van der Waals surface area (Å²) in [4.78, 5) is 18.3. The van der Waals surface area contributed by atoms with E-state index in [0.717, 1.165) is 19.5 Å². The number of nitrogens with zero attached hydrogens (tertiary/aromatic N) is 2. The fourth-order valence-electron chi connectivity index (χ4n) is 2.42. The lowest BCUT2D eigenvalue weighted by atomic mass is 10.2. The van der Waals surface area contributed by atoms with Gasteiger partial charge in [-0.2, -0.15) is 0 Å². The molecule has 0 aromatic carbocycles. The van der Waals surface area contributed by atoms with Crippen molar-refractivity contribution in [2.45, 2.75) is 25.8 Å². The molecule has 0 spiro atoms. The van der Waals surface area contributed by atoms with E-state index < -0.39 is 0 Å². The molecule has 3 N–H and O–H groups in total. The van der Waals surface area contributed by atoms with Gasteiger partial charge in [0.1, 0.15) is 11.5 Å². The molecular formula is C13H20N4O. The van der Waals surface area contributed by atoms with Gasteiger partial charge in [-0.05, 0) is 38.1 Å². The van der Waals surface area contributed by atoms with Gasteiger partial charge < -0.3 is 11.1 Å². The number of hydrogen-bond donors (Lipinski definition) is 2. The Morgan fingerprint density at radius 1 is 1.61 bits per heavy atom. The average molecular weight is 248 g/mol. The molecule has 18 heavy (non-hydrogen) atoms. The zero-order valence-corrected chi connectivity index (χ0v) is 10.7. The van der Waals surface area contributed by atoms with Crippen molar-refractivity contribution in [1.82, 2.24) is 15.2 Å². The van der Waals surface area contributed by atoms with Crippen molar-refractivity contribution in [2.24, 2.45) is 0 Å². The van der Waals surface area contributed by atoms with E-state index in [1.54, 1.807) is 18.2 Å². The average Bonchev–Trinajstić information content (AvgIpc) is 2.83. The van der Waals surface area contributed by atoms with Crippen LogP contribution in [0.25, 0.3) is 0 Å². The predicted octanol–water partition coefficient (Wildman–Crippen LogP) is 0.878. The Kier molecular flexibility index (Phi) is 4.15. The number of anilines is 1. The highest BCUT2D eigenvalue weighted by molar-refractivity contribution is 5.92. The van der Waals surface area contributed by atoms with E-state index in [1.165, 1.54) is 6.42 Å². The van der Waals surface area contributed by atoms with Crippen LogP contribution in [0, 0.1) is 0 Å². The summed E-state index contributed by atoms with van der Waals surface area (Å²) in [5, 5.41) is 2.93. The normalized spacial score (nSPS) is 19.9. The smallest absolute Gasteiger partial charge is 0.270 e. The molecule has 1 fully saturated rings. The highest BCUT2D eigenvalue weighted by Crippen LogP contribution is 2.15. The van der Waals surface area contributed by atoms with Gasteiger partial charge in [0.05, 0.1) is 0 Å². The highest BCUT2D eigenvalue weighted by atomic mass is 16.1. The van der Waals surface area contributed by atoms with E-state index in [9.17, 15) is 4.79 Å². The molecule has 1 unspecified atom stereocenters. The molecule has 98 valence electrons. The summed E-state index contributed by atoms with van der Waals surface area (Å²) in [6.45, 7) is 5.01. The second-order valence-electron chi connectivity index (χ2n) is 4.58. The highest BCUT2D eigenvalue weighted by Gasteiger charge is 2.23. The minimum atomic E-state index is -0.148. The molecule has 1 aromatic rings. The van der Waals surface area contributed by atoms with Crippen LogP contribution in [0.4, 0.5) is 5.82 Å². The Balaban J connectivity index is 1.88. The van der Waals surface area contributed by atoms with E-state index >= 15 is 0 Å². The molecule has 2 heterocycles. The zero-order chi connectivity index (χ0) is 13.0. The molecule has 1 aromatic heterocycles. The Morgan fingerprint density at radius 2 is 2.44 bits per heavy atom. The second kappa shape index (κ2) is 5.82. The number of carbonyl (C=O) groups excluding carboxylic acids is 1. The first-order valence-electron chi connectivity index (χ1n) is 6.45. The number of pyridine rings is 1. The van der Waals surface area contributed by atoms with E-state index in [4.69, 9.17) is 5.73 Å². The fraction of sp³-hybridized carbons (Fsp3) is 0.538. The number of nitrogens with one attached hydrogen (secondary N) is 1. The molecule has 0 radical (unpaired) electrons. The maximum absolute atomic E-state index is 11.9. The molecule has 5 nitrogen and oxygen atoms in total. The van der Waals surface area contributed by atoms with Gasteiger partial charge in [0.25, 0.3) is 5.91 Å². The fourth-order valence-corrected chi connectivity index (χ4v) is 2.42. The van der Waals surface area contributed by atoms with Crippen LogP contribution in [-0.2, 0) is 0 Å². The van der Waals surface area contributed by atoms with Crippen LogP contribution in [0.1, 0.15) is 30.3 Å². The van der Waals surface area contributed by atoms with E-state index in [2.05, 4.69) is 22.1 Å². The number of likely N-dealkylation sites (tertiary alicyclic amines) is 1. The maximum Gasteiger partial charge on any atom is 0.270 e. The molecule has 1 aliphatic rings. The lowest BCUT2D eigenvalue weighted by Gasteiger charge is -2.22. The van der Waals surface area contributed by atoms with Gasteiger partial charge in [-0.3, -0.25) is 9.69 Å². The van der Waals surface area contributed by atoms with Gasteiger partial charge >= 0.3 is 0 Å². The first-order chi connectivity index (χ1) is 8.70. The summed E-state index contributed by atoms with van der Waals surface area (Å²) in [7, 11) is 0. The van der Waals surface area contributed by atoms with Gasteiger partial charge in [-0.1, -0.05) is 13.0 Å². The van der Waals surface area contributed by atoms with Crippen molar-refractivity contribution in [1.29, 1.82) is 0 Å². The SMILES string of the molecule is CCN1CCCC1CNC(=O)c1cccc(N)n1. The topological polar surface area (TPSA) is 71.2 Å². The van der Waals surface area contributed by atoms with Crippen LogP contribution < -0.4 is 11.1 Å². The number of aromatic nitrogens is 1. The first-order valence-corrected chi connectivity index (χ1v) is 6.45. The Bertz CT molecular complexity index is 421. The van der Waals surface area contributed by atoms with Crippen molar-refractivity contribution < 1.29 is 4.79 Å². The molecular weight excluding hydrogens is 228 g/mol. The number of rotatable bonds is 4. The quantitative estimate of drug-likeness (QED) is 0.829. The Morgan fingerprint density at radius 3 is 3.17 bits per heavy atom. The van der Waals surface area contributed by atoms with Gasteiger partial charge in [0, 0.05) is 12.6 Å². The molecule has 1 atom stereocenters. The molecule has 0 aliphatic carbocycles. The third kappa shape index (κ3) is 2.98. The van der Waals surface area contributed by atoms with Crippen LogP contribution >= 0.6 is 0 Å². The Labute approximate surface area is 107 Å². The summed E-state index contributed by atoms with van der Waals surface area (Å²) >= 11 is 0. The summed E-state index contributed by atoms with van der Waals surface area (Å²) in [6.07, 6.45) is 2.36. The zero-order valence-electron chi connectivity index (χ0n) is 10.7. The molecule has 5 heteroatoms. The van der Waals surface area contributed by atoms with Gasteiger partial charge in [0.2, 0.25) is 0 Å². The largest absolute Gasteiger partial charge is 0.384 e. The Hall–Kier alpha value is -1.62. The predicted molar refractivity (Wildman–Crippen MR) is 71.3 cm³/mol. The molecule has 0 saturated carbocycles. The van der Waals surface area contributed by atoms with E-state index in [1.807, 2.05) is 0 Å². The van der Waals surface area contributed by atoms with E-state index in [-0.39, 0.29) is 5.91 Å². The van der Waals surface area contributed by atoms with E-state index in [0.29, 0.717) is 24.1 Å². The molecule has 2 rings (SSSR count). The first kappa shape index (κ1) is 12.8. The van der Waals surface area contributed by atoms with Crippen LogP contribution in [0.15, 0.2) is 18.2 Å². The number of nitrogen functional groups attached to an aromatic ring is 1. The molecule has 0 bridgehead atoms. The third-order valence-electron chi connectivity index (χ3n) is 3.41. The van der Waals surface area contributed by atoms with Crippen LogP contribution in [0.3, 0.4) is 0 Å². The molecule has 1 amide bonds. The van der Waals surface area contributed by atoms with Crippen molar-refractivity contribution in [3.05, 3.63) is 23.9 Å². The minimum Gasteiger partial charge on any atom is -0.384 e. The van der Waals surface area contributed by atoms with Crippen molar-refractivity contribution in [2.75, 3.05) is 25.4 Å². The summed E-state index contributed by atoms with van der Waals surface area (Å²) < 4.78 is 0. The third-order valence-corrected chi connectivity index (χ3v) is 3.41.